The zero-order chi connectivity index (χ0) is 20.1. The highest BCUT2D eigenvalue weighted by atomic mass is 32.2. The Hall–Kier alpha value is -2.64. The molecule has 28 heavy (non-hydrogen) atoms. The second kappa shape index (κ2) is 8.58. The van der Waals surface area contributed by atoms with Gasteiger partial charge in [0.2, 0.25) is 10.0 Å². The van der Waals surface area contributed by atoms with Gasteiger partial charge in [-0.25, -0.2) is 13.1 Å². The van der Waals surface area contributed by atoms with E-state index < -0.39 is 10.0 Å². The first-order valence-electron chi connectivity index (χ1n) is 9.18. The van der Waals surface area contributed by atoms with E-state index >= 15 is 0 Å². The van der Waals surface area contributed by atoms with E-state index in [1.165, 1.54) is 0 Å². The highest BCUT2D eigenvalue weighted by molar-refractivity contribution is 7.89. The van der Waals surface area contributed by atoms with Crippen molar-refractivity contribution in [2.24, 2.45) is 0 Å². The van der Waals surface area contributed by atoms with Gasteiger partial charge in [-0.05, 0) is 38.0 Å². The third-order valence-electron chi connectivity index (χ3n) is 4.40. The molecule has 6 nitrogen and oxygen atoms in total. The molecular formula is C21H25N3O3S. The third-order valence-corrected chi connectivity index (χ3v) is 5.87. The fourth-order valence-electron chi connectivity index (χ4n) is 2.87. The Labute approximate surface area is 166 Å². The minimum Gasteiger partial charge on any atom is -0.497 e. The number of ether oxygens (including phenoxy) is 1. The third kappa shape index (κ3) is 4.61. The standard InChI is InChI=1S/C21H25N3O3S/c1-16(2)24-15-20(21(23-24)18-9-5-4-6-10-18)28(25,26)22-13-12-17-8-7-11-19(14-17)27-3/h4-11,14-16,22H,12-13H2,1-3H3. The molecule has 0 saturated heterocycles. The highest BCUT2D eigenvalue weighted by Gasteiger charge is 2.24. The SMILES string of the molecule is COc1cccc(CCNS(=O)(=O)c2cn(C(C)C)nc2-c2ccccc2)c1. The van der Waals surface area contributed by atoms with Gasteiger partial charge in [-0.3, -0.25) is 4.68 Å². The minimum atomic E-state index is -3.70. The molecule has 1 N–H and O–H groups in total. The van der Waals surface area contributed by atoms with Crippen molar-refractivity contribution in [1.29, 1.82) is 0 Å². The van der Waals surface area contributed by atoms with Gasteiger partial charge in [0.15, 0.2) is 0 Å². The van der Waals surface area contributed by atoms with Gasteiger partial charge in [-0.15, -0.1) is 0 Å². The summed E-state index contributed by atoms with van der Waals surface area (Å²) in [5, 5.41) is 4.52. The van der Waals surface area contributed by atoms with Crippen LogP contribution >= 0.6 is 0 Å². The van der Waals surface area contributed by atoms with Crippen molar-refractivity contribution in [3.63, 3.8) is 0 Å². The molecule has 3 aromatic rings. The monoisotopic (exact) mass is 399 g/mol. The Morgan fingerprint density at radius 1 is 1.11 bits per heavy atom. The van der Waals surface area contributed by atoms with Crippen LogP contribution in [0, 0.1) is 0 Å². The molecule has 0 aliphatic rings. The lowest BCUT2D eigenvalue weighted by Crippen LogP contribution is -2.26. The lowest BCUT2D eigenvalue weighted by molar-refractivity contribution is 0.414. The molecule has 7 heteroatoms. The molecule has 3 rings (SSSR count). The van der Waals surface area contributed by atoms with E-state index in [0.717, 1.165) is 16.9 Å². The van der Waals surface area contributed by atoms with Crippen molar-refractivity contribution < 1.29 is 13.2 Å². The molecule has 0 amide bonds. The summed E-state index contributed by atoms with van der Waals surface area (Å²) in [7, 11) is -2.09. The first-order chi connectivity index (χ1) is 13.4. The van der Waals surface area contributed by atoms with Crippen LogP contribution in [0.3, 0.4) is 0 Å². The van der Waals surface area contributed by atoms with Crippen LogP contribution < -0.4 is 9.46 Å². The van der Waals surface area contributed by atoms with Gasteiger partial charge in [0.05, 0.1) is 7.11 Å². The number of nitrogens with one attached hydrogen (secondary N) is 1. The van der Waals surface area contributed by atoms with Crippen LogP contribution in [0.1, 0.15) is 25.5 Å². The minimum absolute atomic E-state index is 0.0585. The number of hydrogen-bond donors (Lipinski definition) is 1. The van der Waals surface area contributed by atoms with Crippen LogP contribution in [0.4, 0.5) is 0 Å². The van der Waals surface area contributed by atoms with Crippen LogP contribution in [0.5, 0.6) is 5.75 Å². The molecule has 0 fully saturated rings. The van der Waals surface area contributed by atoms with Crippen LogP contribution in [0.25, 0.3) is 11.3 Å². The number of aromatic nitrogens is 2. The first-order valence-corrected chi connectivity index (χ1v) is 10.7. The fourth-order valence-corrected chi connectivity index (χ4v) is 4.05. The van der Waals surface area contributed by atoms with E-state index in [9.17, 15) is 8.42 Å². The zero-order valence-electron chi connectivity index (χ0n) is 16.3. The van der Waals surface area contributed by atoms with Crippen LogP contribution in [0.2, 0.25) is 0 Å². The van der Waals surface area contributed by atoms with Crippen LogP contribution in [-0.2, 0) is 16.4 Å². The lowest BCUT2D eigenvalue weighted by atomic mass is 10.1. The average Bonchev–Trinajstić information content (AvgIpc) is 3.16. The lowest BCUT2D eigenvalue weighted by Gasteiger charge is -2.08. The zero-order valence-corrected chi connectivity index (χ0v) is 17.1. The molecule has 2 aromatic carbocycles. The smallest absolute Gasteiger partial charge is 0.244 e. The summed E-state index contributed by atoms with van der Waals surface area (Å²) in [5.41, 5.74) is 2.24. The van der Waals surface area contributed by atoms with E-state index in [4.69, 9.17) is 4.74 Å². The maximum Gasteiger partial charge on any atom is 0.244 e. The van der Waals surface area contributed by atoms with Gasteiger partial charge in [-0.1, -0.05) is 42.5 Å². The largest absolute Gasteiger partial charge is 0.497 e. The molecule has 1 aromatic heterocycles. The Morgan fingerprint density at radius 2 is 1.86 bits per heavy atom. The van der Waals surface area contributed by atoms with Gasteiger partial charge >= 0.3 is 0 Å². The molecule has 0 atom stereocenters. The summed E-state index contributed by atoms with van der Waals surface area (Å²) in [6, 6.07) is 17.0. The number of rotatable bonds is 8. The maximum atomic E-state index is 13.0. The van der Waals surface area contributed by atoms with Crippen LogP contribution in [-0.4, -0.2) is 31.9 Å². The Bertz CT molecular complexity index is 1030. The molecule has 0 unspecified atom stereocenters. The first kappa shape index (κ1) is 20.1. The van der Waals surface area contributed by atoms with Crippen molar-refractivity contribution in [3.05, 3.63) is 66.4 Å². The summed E-state index contributed by atoms with van der Waals surface area (Å²) in [6.07, 6.45) is 2.16. The summed E-state index contributed by atoms with van der Waals surface area (Å²) < 4.78 is 35.6. The molecule has 0 aliphatic heterocycles. The number of methoxy groups -OCH3 is 1. The molecule has 0 aliphatic carbocycles. The van der Waals surface area contributed by atoms with Crippen molar-refractivity contribution in [2.75, 3.05) is 13.7 Å². The quantitative estimate of drug-likeness (QED) is 0.627. The van der Waals surface area contributed by atoms with Crippen molar-refractivity contribution in [1.82, 2.24) is 14.5 Å². The van der Waals surface area contributed by atoms with Gasteiger partial charge in [0, 0.05) is 24.3 Å². The fraction of sp³-hybridized carbons (Fsp3) is 0.286. The molecule has 0 spiro atoms. The molecular weight excluding hydrogens is 374 g/mol. The second-order valence-corrected chi connectivity index (χ2v) is 8.52. The predicted octanol–water partition coefficient (Wildman–Crippen LogP) is 3.66. The Balaban J connectivity index is 1.82. The van der Waals surface area contributed by atoms with Crippen LogP contribution in [0.15, 0.2) is 65.7 Å². The van der Waals surface area contributed by atoms with Crippen molar-refractivity contribution in [3.8, 4) is 17.0 Å². The maximum absolute atomic E-state index is 13.0. The molecule has 0 bridgehead atoms. The number of benzene rings is 2. The Kier molecular flexibility index (Phi) is 6.16. The van der Waals surface area contributed by atoms with Crippen molar-refractivity contribution in [2.45, 2.75) is 31.2 Å². The molecule has 148 valence electrons. The van der Waals surface area contributed by atoms with E-state index in [1.807, 2.05) is 68.4 Å². The average molecular weight is 400 g/mol. The summed E-state index contributed by atoms with van der Waals surface area (Å²) in [4.78, 5) is 0.193. The Morgan fingerprint density at radius 3 is 2.54 bits per heavy atom. The number of sulfonamides is 1. The number of nitrogens with zero attached hydrogens (tertiary/aromatic N) is 2. The topological polar surface area (TPSA) is 73.2 Å². The highest BCUT2D eigenvalue weighted by Crippen LogP contribution is 2.27. The van der Waals surface area contributed by atoms with E-state index in [2.05, 4.69) is 9.82 Å². The molecule has 1 heterocycles. The summed E-state index contributed by atoms with van der Waals surface area (Å²) in [6.45, 7) is 4.22. The molecule has 0 radical (unpaired) electrons. The van der Waals surface area contributed by atoms with E-state index in [1.54, 1.807) is 18.0 Å². The van der Waals surface area contributed by atoms with Gasteiger partial charge < -0.3 is 4.74 Å². The summed E-state index contributed by atoms with van der Waals surface area (Å²) >= 11 is 0. The second-order valence-electron chi connectivity index (χ2n) is 6.78. The summed E-state index contributed by atoms with van der Waals surface area (Å²) in [5.74, 6) is 0.755. The van der Waals surface area contributed by atoms with Crippen molar-refractivity contribution >= 4 is 10.0 Å². The predicted molar refractivity (Wildman–Crippen MR) is 110 cm³/mol. The van der Waals surface area contributed by atoms with Gasteiger partial charge in [0.25, 0.3) is 0 Å². The normalized spacial score (nSPS) is 11.7. The molecule has 0 saturated carbocycles. The number of hydrogen-bond acceptors (Lipinski definition) is 4. The van der Waals surface area contributed by atoms with Gasteiger partial charge in [0.1, 0.15) is 16.3 Å². The van der Waals surface area contributed by atoms with E-state index in [-0.39, 0.29) is 17.5 Å². The van der Waals surface area contributed by atoms with Gasteiger partial charge in [-0.2, -0.15) is 5.10 Å². The van der Waals surface area contributed by atoms with E-state index in [0.29, 0.717) is 12.1 Å².